The second kappa shape index (κ2) is 12.6. The predicted molar refractivity (Wildman–Crippen MR) is 157 cm³/mol. The Morgan fingerprint density at radius 1 is 0.953 bits per heavy atom. The van der Waals surface area contributed by atoms with Crippen molar-refractivity contribution in [2.45, 2.75) is 30.3 Å². The average molecular weight is 593 g/mol. The summed E-state index contributed by atoms with van der Waals surface area (Å²) < 4.78 is 36.6. The molecule has 2 fully saturated rings. The van der Waals surface area contributed by atoms with E-state index < -0.39 is 11.0 Å². The van der Waals surface area contributed by atoms with E-state index in [0.29, 0.717) is 61.7 Å². The number of carbonyl (C=O) groups is 2. The Kier molecular flexibility index (Phi) is 8.84. The number of methoxy groups -OCH3 is 3. The molecular formula is C32H37FN4O6. The van der Waals surface area contributed by atoms with E-state index in [0.717, 1.165) is 11.1 Å². The standard InChI is InChI=1S/C32H37FN4O6/c1-40-26-18-22(19-27(41-2)28(26)42-3)29(38)37-20-32(43-21-37,24-4-6-25(33)7-5-24)12-17-36-15-10-31(11-16-36,30(34)39)23-8-13-35-14-9-23/h4-9,13-14,18-19H,10-12,15-17,20-21H2,1-3H3,(H2,34,39). The number of primary amides is 1. The number of likely N-dealkylation sites (tertiary alicyclic amines) is 1. The zero-order chi connectivity index (χ0) is 30.6. The fraction of sp³-hybridized carbons (Fsp3) is 0.406. The van der Waals surface area contributed by atoms with Crippen molar-refractivity contribution in [3.8, 4) is 17.2 Å². The number of rotatable bonds is 10. The maximum absolute atomic E-state index is 13.9. The molecule has 3 aromatic rings. The maximum atomic E-state index is 13.9. The van der Waals surface area contributed by atoms with E-state index in [9.17, 15) is 14.0 Å². The van der Waals surface area contributed by atoms with Gasteiger partial charge in [-0.1, -0.05) is 12.1 Å². The summed E-state index contributed by atoms with van der Waals surface area (Å²) >= 11 is 0. The van der Waals surface area contributed by atoms with E-state index in [1.165, 1.54) is 33.5 Å². The molecule has 0 radical (unpaired) electrons. The van der Waals surface area contributed by atoms with Crippen LogP contribution in [0.15, 0.2) is 60.9 Å². The lowest BCUT2D eigenvalue weighted by Gasteiger charge is -2.41. The molecule has 2 aliphatic heterocycles. The highest BCUT2D eigenvalue weighted by Gasteiger charge is 2.45. The minimum atomic E-state index is -0.854. The van der Waals surface area contributed by atoms with Gasteiger partial charge in [-0.25, -0.2) is 4.39 Å². The zero-order valence-corrected chi connectivity index (χ0v) is 24.7. The van der Waals surface area contributed by atoms with Crippen LogP contribution in [0, 0.1) is 5.82 Å². The van der Waals surface area contributed by atoms with E-state index in [1.54, 1.807) is 41.6 Å². The van der Waals surface area contributed by atoms with Gasteiger partial charge in [0.1, 0.15) is 18.1 Å². The molecule has 2 aliphatic rings. The molecule has 0 aliphatic carbocycles. The van der Waals surface area contributed by atoms with E-state index in [2.05, 4.69) is 9.88 Å². The van der Waals surface area contributed by atoms with Crippen molar-refractivity contribution in [3.63, 3.8) is 0 Å². The smallest absolute Gasteiger partial charge is 0.256 e. The molecule has 2 amide bonds. The van der Waals surface area contributed by atoms with Crippen molar-refractivity contribution in [1.29, 1.82) is 0 Å². The Morgan fingerprint density at radius 3 is 2.14 bits per heavy atom. The Labute approximate surface area is 250 Å². The molecule has 0 spiro atoms. The van der Waals surface area contributed by atoms with Gasteiger partial charge in [0.25, 0.3) is 5.91 Å². The molecule has 2 saturated heterocycles. The number of pyridine rings is 1. The van der Waals surface area contributed by atoms with Crippen molar-refractivity contribution in [2.24, 2.45) is 5.73 Å². The fourth-order valence-corrected chi connectivity index (χ4v) is 6.19. The van der Waals surface area contributed by atoms with Gasteiger partial charge in [-0.05, 0) is 79.9 Å². The summed E-state index contributed by atoms with van der Waals surface area (Å²) in [6.07, 6.45) is 5.09. The molecule has 43 heavy (non-hydrogen) atoms. The third kappa shape index (κ3) is 5.87. The molecule has 1 aromatic heterocycles. The minimum absolute atomic E-state index is 0.0553. The maximum Gasteiger partial charge on any atom is 0.256 e. The van der Waals surface area contributed by atoms with Crippen molar-refractivity contribution >= 4 is 11.8 Å². The molecule has 228 valence electrons. The first kappa shape index (κ1) is 30.2. The Bertz CT molecular complexity index is 1420. The van der Waals surface area contributed by atoms with Gasteiger partial charge >= 0.3 is 0 Å². The van der Waals surface area contributed by atoms with E-state index in [4.69, 9.17) is 24.7 Å². The van der Waals surface area contributed by atoms with Crippen molar-refractivity contribution in [3.05, 3.63) is 83.4 Å². The van der Waals surface area contributed by atoms with Gasteiger partial charge in [0.15, 0.2) is 11.5 Å². The van der Waals surface area contributed by atoms with Crippen LogP contribution in [0.3, 0.4) is 0 Å². The summed E-state index contributed by atoms with van der Waals surface area (Å²) in [5.74, 6) is 0.201. The SMILES string of the molecule is COc1cc(C(=O)N2COC(CCN3CCC(C(N)=O)(c4ccncc4)CC3)(c3ccc(F)cc3)C2)cc(OC)c1OC. The highest BCUT2D eigenvalue weighted by molar-refractivity contribution is 5.96. The van der Waals surface area contributed by atoms with Crippen LogP contribution in [0.4, 0.5) is 4.39 Å². The number of halogens is 1. The normalized spacial score (nSPS) is 20.0. The second-order valence-electron chi connectivity index (χ2n) is 11.0. The third-order valence-electron chi connectivity index (χ3n) is 8.76. The topological polar surface area (TPSA) is 116 Å². The number of nitrogens with zero attached hydrogens (tertiary/aromatic N) is 3. The first-order chi connectivity index (χ1) is 20.7. The molecule has 2 aromatic carbocycles. The Morgan fingerprint density at radius 2 is 1.58 bits per heavy atom. The largest absolute Gasteiger partial charge is 0.493 e. The van der Waals surface area contributed by atoms with Crippen LogP contribution < -0.4 is 19.9 Å². The fourth-order valence-electron chi connectivity index (χ4n) is 6.19. The number of carbonyl (C=O) groups excluding carboxylic acids is 2. The number of hydrogen-bond donors (Lipinski definition) is 1. The lowest BCUT2D eigenvalue weighted by Crippen LogP contribution is -2.51. The van der Waals surface area contributed by atoms with Crippen LogP contribution in [-0.2, 0) is 20.5 Å². The van der Waals surface area contributed by atoms with E-state index >= 15 is 0 Å². The third-order valence-corrected chi connectivity index (χ3v) is 8.76. The molecule has 0 saturated carbocycles. The number of aromatic nitrogens is 1. The Hall–Kier alpha value is -4.22. The number of ether oxygens (including phenoxy) is 4. The first-order valence-corrected chi connectivity index (χ1v) is 14.2. The monoisotopic (exact) mass is 592 g/mol. The average Bonchev–Trinajstić information content (AvgIpc) is 3.49. The summed E-state index contributed by atoms with van der Waals surface area (Å²) in [6.45, 7) is 2.30. The van der Waals surface area contributed by atoms with E-state index in [-0.39, 0.29) is 30.9 Å². The van der Waals surface area contributed by atoms with Crippen LogP contribution in [-0.4, -0.2) is 80.8 Å². The predicted octanol–water partition coefficient (Wildman–Crippen LogP) is 3.48. The van der Waals surface area contributed by atoms with Gasteiger partial charge in [-0.2, -0.15) is 0 Å². The van der Waals surface area contributed by atoms with E-state index in [1.807, 2.05) is 12.1 Å². The van der Waals surface area contributed by atoms with Crippen LogP contribution >= 0.6 is 0 Å². The highest BCUT2D eigenvalue weighted by atomic mass is 19.1. The summed E-state index contributed by atoms with van der Waals surface area (Å²) in [4.78, 5) is 34.3. The molecule has 2 N–H and O–H groups in total. The number of piperidine rings is 1. The van der Waals surface area contributed by atoms with Gasteiger partial charge in [0.05, 0.1) is 33.3 Å². The van der Waals surface area contributed by atoms with Gasteiger partial charge in [0, 0.05) is 24.5 Å². The minimum Gasteiger partial charge on any atom is -0.493 e. The number of amides is 2. The van der Waals surface area contributed by atoms with Crippen LogP contribution in [0.1, 0.15) is 40.7 Å². The molecule has 10 nitrogen and oxygen atoms in total. The molecule has 5 rings (SSSR count). The van der Waals surface area contributed by atoms with Crippen LogP contribution in [0.2, 0.25) is 0 Å². The quantitative estimate of drug-likeness (QED) is 0.381. The van der Waals surface area contributed by atoms with Crippen molar-refractivity contribution < 1.29 is 32.9 Å². The van der Waals surface area contributed by atoms with Gasteiger partial charge < -0.3 is 34.5 Å². The van der Waals surface area contributed by atoms with Crippen LogP contribution in [0.5, 0.6) is 17.2 Å². The van der Waals surface area contributed by atoms with Gasteiger partial charge in [-0.15, -0.1) is 0 Å². The summed E-state index contributed by atoms with van der Waals surface area (Å²) in [5, 5.41) is 0. The summed E-state index contributed by atoms with van der Waals surface area (Å²) in [5.41, 5.74) is 6.37. The lowest BCUT2D eigenvalue weighted by molar-refractivity contribution is -0.125. The first-order valence-electron chi connectivity index (χ1n) is 14.2. The molecule has 0 bridgehead atoms. The molecule has 3 heterocycles. The molecule has 1 atom stereocenters. The molecule has 1 unspecified atom stereocenters. The highest BCUT2D eigenvalue weighted by Crippen LogP contribution is 2.41. The van der Waals surface area contributed by atoms with Crippen LogP contribution in [0.25, 0.3) is 0 Å². The molecular weight excluding hydrogens is 555 g/mol. The lowest BCUT2D eigenvalue weighted by atomic mass is 9.72. The Balaban J connectivity index is 1.34. The van der Waals surface area contributed by atoms with Gasteiger partial charge in [0.2, 0.25) is 11.7 Å². The van der Waals surface area contributed by atoms with Gasteiger partial charge in [-0.3, -0.25) is 14.6 Å². The van der Waals surface area contributed by atoms with Crippen molar-refractivity contribution in [1.82, 2.24) is 14.8 Å². The number of hydrogen-bond acceptors (Lipinski definition) is 8. The number of nitrogens with two attached hydrogens (primary N) is 1. The zero-order valence-electron chi connectivity index (χ0n) is 24.7. The summed E-state index contributed by atoms with van der Waals surface area (Å²) in [7, 11) is 4.49. The number of benzene rings is 2. The second-order valence-corrected chi connectivity index (χ2v) is 11.0. The van der Waals surface area contributed by atoms with Crippen molar-refractivity contribution in [2.75, 3.05) is 54.2 Å². The summed E-state index contributed by atoms with van der Waals surface area (Å²) in [6, 6.07) is 13.2. The molecule has 11 heteroatoms.